The van der Waals surface area contributed by atoms with E-state index in [-0.39, 0.29) is 12.8 Å². The molecule has 8 nitrogen and oxygen atoms in total. The molecule has 0 saturated carbocycles. The van der Waals surface area contributed by atoms with Crippen LogP contribution in [0.4, 0.5) is 0 Å². The van der Waals surface area contributed by atoms with Crippen molar-refractivity contribution in [3.8, 4) is 0 Å². The van der Waals surface area contributed by atoms with Crippen molar-refractivity contribution < 1.29 is 39.6 Å². The van der Waals surface area contributed by atoms with Crippen LogP contribution in [-0.4, -0.2) is 23.9 Å². The van der Waals surface area contributed by atoms with Crippen LogP contribution in [0, 0.1) is 11.8 Å². The van der Waals surface area contributed by atoms with Crippen molar-refractivity contribution in [3.63, 3.8) is 0 Å². The molecule has 0 aliphatic rings. The number of hydrogen-bond acceptors (Lipinski definition) is 8. The van der Waals surface area contributed by atoms with Gasteiger partial charge >= 0.3 is 0 Å². The minimum absolute atomic E-state index is 0.110. The maximum atomic E-state index is 10.5. The third-order valence-corrected chi connectivity index (χ3v) is 6.08. The van der Waals surface area contributed by atoms with Crippen molar-refractivity contribution >= 4 is 23.9 Å². The van der Waals surface area contributed by atoms with E-state index in [4.69, 9.17) is 0 Å². The highest BCUT2D eigenvalue weighted by Gasteiger charge is 2.10. The molecule has 8 heteroatoms. The molecule has 0 aromatic rings. The van der Waals surface area contributed by atoms with E-state index < -0.39 is 35.7 Å². The summed E-state index contributed by atoms with van der Waals surface area (Å²) in [6.07, 6.45) is 19.2. The van der Waals surface area contributed by atoms with Crippen molar-refractivity contribution in [2.75, 3.05) is 0 Å². The Bertz CT molecular complexity index is 527. The predicted molar refractivity (Wildman–Crippen MR) is 149 cm³/mol. The minimum Gasteiger partial charge on any atom is -0.549 e. The number of carbonyl (C=O) groups excluding carboxylic acids is 4. The second kappa shape index (κ2) is 35.9. The molecule has 0 aromatic heterocycles. The molecule has 0 unspecified atom stereocenters. The van der Waals surface area contributed by atoms with Gasteiger partial charge in [-0.25, -0.2) is 0 Å². The van der Waals surface area contributed by atoms with Crippen molar-refractivity contribution in [2.45, 2.75) is 164 Å². The Balaban J connectivity index is -0.000000259. The first-order valence-electron chi connectivity index (χ1n) is 15.3. The summed E-state index contributed by atoms with van der Waals surface area (Å²) in [6.45, 7) is 12.9. The van der Waals surface area contributed by atoms with Gasteiger partial charge in [0.2, 0.25) is 0 Å². The molecule has 0 N–H and O–H groups in total. The molecule has 0 aliphatic heterocycles. The summed E-state index contributed by atoms with van der Waals surface area (Å²) in [7, 11) is 0. The number of carboxylic acids is 4. The summed E-state index contributed by atoms with van der Waals surface area (Å²) in [5.74, 6) is -9.06. The molecule has 0 amide bonds. The molecule has 39 heavy (non-hydrogen) atoms. The van der Waals surface area contributed by atoms with Crippen molar-refractivity contribution in [1.29, 1.82) is 0 Å². The van der Waals surface area contributed by atoms with Gasteiger partial charge < -0.3 is 39.6 Å². The number of carbonyl (C=O) groups is 4. The van der Waals surface area contributed by atoms with Gasteiger partial charge in [-0.1, -0.05) is 151 Å². The topological polar surface area (TPSA) is 161 Å². The van der Waals surface area contributed by atoms with E-state index in [0.29, 0.717) is 12.8 Å². The highest BCUT2D eigenvalue weighted by atomic mass is 16.4. The maximum absolute atomic E-state index is 10.5. The van der Waals surface area contributed by atoms with Crippen LogP contribution in [0.15, 0.2) is 0 Å². The fraction of sp³-hybridized carbons (Fsp3) is 0.871. The van der Waals surface area contributed by atoms with Crippen molar-refractivity contribution in [3.05, 3.63) is 0 Å². The van der Waals surface area contributed by atoms with Gasteiger partial charge in [0.15, 0.2) is 0 Å². The zero-order chi connectivity index (χ0) is 30.9. The van der Waals surface area contributed by atoms with Gasteiger partial charge in [-0.15, -0.1) is 0 Å². The Morgan fingerprint density at radius 1 is 0.359 bits per heavy atom. The van der Waals surface area contributed by atoms with E-state index in [9.17, 15) is 39.6 Å². The van der Waals surface area contributed by atoms with Crippen LogP contribution < -0.4 is 20.4 Å². The van der Waals surface area contributed by atoms with Gasteiger partial charge in [-0.3, -0.25) is 0 Å². The van der Waals surface area contributed by atoms with Crippen molar-refractivity contribution in [2.24, 2.45) is 11.8 Å². The zero-order valence-corrected chi connectivity index (χ0v) is 25.9. The lowest BCUT2D eigenvalue weighted by molar-refractivity contribution is -0.334. The lowest BCUT2D eigenvalue weighted by Gasteiger charge is -2.18. The van der Waals surface area contributed by atoms with E-state index in [1.165, 1.54) is 64.2 Å². The molecule has 234 valence electrons. The Morgan fingerprint density at radius 2 is 0.564 bits per heavy atom. The first-order valence-corrected chi connectivity index (χ1v) is 15.3. The number of unbranched alkanes of at least 4 members (excludes halogenated alkanes) is 13. The normalized spacial score (nSPS) is 9.95. The molecular formula is C31H58O8-4. The largest absolute Gasteiger partial charge is 0.549 e. The van der Waals surface area contributed by atoms with Gasteiger partial charge in [-0.2, -0.15) is 0 Å². The van der Waals surface area contributed by atoms with Crippen LogP contribution in [0.3, 0.4) is 0 Å². The Hall–Kier alpha value is -2.12. The SMILES string of the molecule is CCCC.CCCC.CCCCCC(C(=O)[O-])C(=O)[O-].CCCCCCCCCCCCC(C(=O)[O-])C(=O)[O-]. The zero-order valence-electron chi connectivity index (χ0n) is 25.9. The van der Waals surface area contributed by atoms with Crippen LogP contribution in [0.25, 0.3) is 0 Å². The number of hydrogen-bond donors (Lipinski definition) is 0. The molecule has 0 atom stereocenters. The standard InChI is InChI=1S/C15H28O4.C8H14O4.2C4H10/c1-2-3-4-5-6-7-8-9-10-11-12-13(14(16)17)15(18)19;1-2-3-4-5-6(7(9)10)8(11)12;2*1-3-4-2/h13H,2-12H2,1H3,(H,16,17)(H,18,19);6H,2-5H2,1H3,(H,9,10)(H,11,12);2*3-4H2,1-2H3/p-4. The second-order valence-corrected chi connectivity index (χ2v) is 9.85. The van der Waals surface area contributed by atoms with Gasteiger partial charge in [0.1, 0.15) is 0 Å². The Kier molecular flexibility index (Phi) is 40.4. The van der Waals surface area contributed by atoms with E-state index in [1.54, 1.807) is 0 Å². The van der Waals surface area contributed by atoms with E-state index in [2.05, 4.69) is 34.6 Å². The molecule has 0 fully saturated rings. The smallest absolute Gasteiger partial charge is 0.0501 e. The fourth-order valence-electron chi connectivity index (χ4n) is 3.10. The summed E-state index contributed by atoms with van der Waals surface area (Å²) >= 11 is 0. The predicted octanol–water partition coefficient (Wildman–Crippen LogP) is 3.71. The van der Waals surface area contributed by atoms with Crippen LogP contribution in [0.5, 0.6) is 0 Å². The average molecular weight is 559 g/mol. The number of rotatable bonds is 21. The summed E-state index contributed by atoms with van der Waals surface area (Å²) < 4.78 is 0. The van der Waals surface area contributed by atoms with Crippen LogP contribution >= 0.6 is 0 Å². The molecule has 0 saturated heterocycles. The lowest BCUT2D eigenvalue weighted by Crippen LogP contribution is -2.43. The molecular weight excluding hydrogens is 500 g/mol. The highest BCUT2D eigenvalue weighted by molar-refractivity contribution is 5.91. The Morgan fingerprint density at radius 3 is 0.795 bits per heavy atom. The number of aliphatic carboxylic acids is 4. The van der Waals surface area contributed by atoms with E-state index in [0.717, 1.165) is 32.1 Å². The van der Waals surface area contributed by atoms with E-state index >= 15 is 0 Å². The molecule has 0 radical (unpaired) electrons. The molecule has 0 heterocycles. The van der Waals surface area contributed by atoms with Crippen LogP contribution in [0.1, 0.15) is 164 Å². The Labute approximate surface area is 239 Å². The second-order valence-electron chi connectivity index (χ2n) is 9.85. The molecule has 0 spiro atoms. The quantitative estimate of drug-likeness (QED) is 0.152. The van der Waals surface area contributed by atoms with Crippen LogP contribution in [-0.2, 0) is 19.2 Å². The van der Waals surface area contributed by atoms with Gasteiger partial charge in [0, 0.05) is 11.8 Å². The summed E-state index contributed by atoms with van der Waals surface area (Å²) in [5, 5.41) is 41.4. The van der Waals surface area contributed by atoms with Gasteiger partial charge in [-0.05, 0) is 12.8 Å². The van der Waals surface area contributed by atoms with Gasteiger partial charge in [0.25, 0.3) is 0 Å². The highest BCUT2D eigenvalue weighted by Crippen LogP contribution is 2.13. The lowest BCUT2D eigenvalue weighted by atomic mass is 10.00. The third kappa shape index (κ3) is 38.1. The monoisotopic (exact) mass is 558 g/mol. The summed E-state index contributed by atoms with van der Waals surface area (Å²) in [5.41, 5.74) is 0. The first-order chi connectivity index (χ1) is 18.5. The average Bonchev–Trinajstić information content (AvgIpc) is 2.89. The maximum Gasteiger partial charge on any atom is 0.0501 e. The van der Waals surface area contributed by atoms with Crippen LogP contribution in [0.2, 0.25) is 0 Å². The molecule has 0 aromatic carbocycles. The molecule has 0 aliphatic carbocycles. The van der Waals surface area contributed by atoms with Gasteiger partial charge in [0.05, 0.1) is 23.9 Å². The molecule has 0 bridgehead atoms. The summed E-state index contributed by atoms with van der Waals surface area (Å²) in [4.78, 5) is 41.4. The van der Waals surface area contributed by atoms with Crippen molar-refractivity contribution in [1.82, 2.24) is 0 Å². The minimum atomic E-state index is -1.55. The number of carboxylic acid groups (broad SMARTS) is 4. The first kappa shape index (κ1) is 43.9. The molecule has 0 rings (SSSR count). The summed E-state index contributed by atoms with van der Waals surface area (Å²) in [6, 6.07) is 0. The third-order valence-electron chi connectivity index (χ3n) is 6.08. The fourth-order valence-corrected chi connectivity index (χ4v) is 3.10. The van der Waals surface area contributed by atoms with E-state index in [1.807, 2.05) is 6.92 Å².